The summed E-state index contributed by atoms with van der Waals surface area (Å²) < 4.78 is 4.90. The van der Waals surface area contributed by atoms with Crippen molar-refractivity contribution >= 4 is 17.3 Å². The Hall–Kier alpha value is -1.55. The number of hydrogen-bond donors (Lipinski definition) is 1. The maximum Gasteiger partial charge on any atom is 0.345 e. The van der Waals surface area contributed by atoms with Gasteiger partial charge in [-0.1, -0.05) is 0 Å². The number of thiophene rings is 1. The summed E-state index contributed by atoms with van der Waals surface area (Å²) in [7, 11) is 0. The standard InChI is InChI=1S/C9H6O3S/c10-9(11)8-2-1-7(13-8)6-3-4-12-5-6/h1-5H,(H,10,11). The number of carboxylic acids is 1. The smallest absolute Gasteiger partial charge is 0.345 e. The molecule has 3 nitrogen and oxygen atoms in total. The molecule has 0 aromatic carbocycles. The van der Waals surface area contributed by atoms with Gasteiger partial charge in [-0.25, -0.2) is 4.79 Å². The first kappa shape index (κ1) is 8.07. The van der Waals surface area contributed by atoms with Crippen molar-refractivity contribution in [3.63, 3.8) is 0 Å². The molecule has 0 aliphatic heterocycles. The van der Waals surface area contributed by atoms with E-state index in [1.165, 1.54) is 11.3 Å². The van der Waals surface area contributed by atoms with Gasteiger partial charge in [0.1, 0.15) is 4.88 Å². The number of carbonyl (C=O) groups is 1. The molecule has 0 aliphatic carbocycles. The maximum absolute atomic E-state index is 10.6. The van der Waals surface area contributed by atoms with Crippen LogP contribution in [0.25, 0.3) is 10.4 Å². The van der Waals surface area contributed by atoms with Gasteiger partial charge >= 0.3 is 5.97 Å². The van der Waals surface area contributed by atoms with Crippen molar-refractivity contribution in [1.82, 2.24) is 0 Å². The molecule has 0 saturated heterocycles. The fraction of sp³-hybridized carbons (Fsp3) is 0. The second-order valence-corrected chi connectivity index (χ2v) is 3.56. The molecule has 0 spiro atoms. The van der Waals surface area contributed by atoms with Crippen molar-refractivity contribution in [2.75, 3.05) is 0 Å². The lowest BCUT2D eigenvalue weighted by Crippen LogP contribution is -1.89. The Bertz CT molecular complexity index is 414. The van der Waals surface area contributed by atoms with Crippen LogP contribution >= 0.6 is 11.3 Å². The van der Waals surface area contributed by atoms with Gasteiger partial charge in [0.05, 0.1) is 12.5 Å². The van der Waals surface area contributed by atoms with Crippen LogP contribution in [0.15, 0.2) is 35.1 Å². The van der Waals surface area contributed by atoms with Gasteiger partial charge in [0.15, 0.2) is 0 Å². The van der Waals surface area contributed by atoms with E-state index in [4.69, 9.17) is 9.52 Å². The molecule has 2 aromatic rings. The van der Waals surface area contributed by atoms with Crippen molar-refractivity contribution in [2.24, 2.45) is 0 Å². The molecule has 2 aromatic heterocycles. The van der Waals surface area contributed by atoms with E-state index in [0.29, 0.717) is 4.88 Å². The summed E-state index contributed by atoms with van der Waals surface area (Å²) in [4.78, 5) is 11.8. The Morgan fingerprint density at radius 2 is 2.23 bits per heavy atom. The zero-order chi connectivity index (χ0) is 9.26. The largest absolute Gasteiger partial charge is 0.477 e. The molecule has 13 heavy (non-hydrogen) atoms. The van der Waals surface area contributed by atoms with Gasteiger partial charge in [-0.2, -0.15) is 0 Å². The monoisotopic (exact) mass is 194 g/mol. The van der Waals surface area contributed by atoms with E-state index in [1.54, 1.807) is 30.7 Å². The molecule has 66 valence electrons. The van der Waals surface area contributed by atoms with Crippen LogP contribution in [-0.4, -0.2) is 11.1 Å². The van der Waals surface area contributed by atoms with Gasteiger partial charge in [0, 0.05) is 10.4 Å². The van der Waals surface area contributed by atoms with Crippen LogP contribution in [0.1, 0.15) is 9.67 Å². The second kappa shape index (κ2) is 3.06. The first-order valence-corrected chi connectivity index (χ1v) is 4.45. The molecule has 2 heterocycles. The number of aromatic carboxylic acids is 1. The number of hydrogen-bond acceptors (Lipinski definition) is 3. The molecule has 0 amide bonds. The normalized spacial score (nSPS) is 10.2. The quantitative estimate of drug-likeness (QED) is 0.799. The lowest BCUT2D eigenvalue weighted by atomic mass is 10.3. The zero-order valence-corrected chi connectivity index (χ0v) is 7.38. The van der Waals surface area contributed by atoms with Crippen molar-refractivity contribution in [1.29, 1.82) is 0 Å². The fourth-order valence-corrected chi connectivity index (χ4v) is 1.84. The van der Waals surface area contributed by atoms with E-state index < -0.39 is 5.97 Å². The molecule has 0 unspecified atom stereocenters. The molecule has 2 rings (SSSR count). The maximum atomic E-state index is 10.6. The summed E-state index contributed by atoms with van der Waals surface area (Å²) in [6.45, 7) is 0. The highest BCUT2D eigenvalue weighted by atomic mass is 32.1. The molecule has 0 fully saturated rings. The lowest BCUT2D eigenvalue weighted by molar-refractivity contribution is 0.0702. The van der Waals surface area contributed by atoms with Crippen LogP contribution in [0.2, 0.25) is 0 Å². The third kappa shape index (κ3) is 1.48. The Balaban J connectivity index is 2.39. The molecule has 0 aliphatic rings. The highest BCUT2D eigenvalue weighted by Crippen LogP contribution is 2.28. The molecule has 1 N–H and O–H groups in total. The van der Waals surface area contributed by atoms with Crippen LogP contribution in [0.3, 0.4) is 0 Å². The van der Waals surface area contributed by atoms with Gasteiger partial charge < -0.3 is 9.52 Å². The minimum atomic E-state index is -0.889. The van der Waals surface area contributed by atoms with Crippen molar-refractivity contribution < 1.29 is 14.3 Å². The highest BCUT2D eigenvalue weighted by Gasteiger charge is 2.08. The summed E-state index contributed by atoms with van der Waals surface area (Å²) in [6.07, 6.45) is 3.16. The minimum Gasteiger partial charge on any atom is -0.477 e. The number of furan rings is 1. The van der Waals surface area contributed by atoms with E-state index in [2.05, 4.69) is 0 Å². The summed E-state index contributed by atoms with van der Waals surface area (Å²) in [6, 6.07) is 5.17. The lowest BCUT2D eigenvalue weighted by Gasteiger charge is -1.86. The molecular weight excluding hydrogens is 188 g/mol. The van der Waals surface area contributed by atoms with Crippen molar-refractivity contribution in [2.45, 2.75) is 0 Å². The minimum absolute atomic E-state index is 0.344. The van der Waals surface area contributed by atoms with E-state index >= 15 is 0 Å². The SMILES string of the molecule is O=C(O)c1ccc(-c2ccoc2)s1. The summed E-state index contributed by atoms with van der Waals surface area (Å²) in [5, 5.41) is 8.68. The Morgan fingerprint density at radius 1 is 1.38 bits per heavy atom. The van der Waals surface area contributed by atoms with E-state index in [-0.39, 0.29) is 0 Å². The predicted octanol–water partition coefficient (Wildman–Crippen LogP) is 2.71. The molecule has 4 heteroatoms. The summed E-state index contributed by atoms with van der Waals surface area (Å²) in [5.41, 5.74) is 0.914. The third-order valence-electron chi connectivity index (χ3n) is 1.62. The molecular formula is C9H6O3S. The van der Waals surface area contributed by atoms with E-state index in [9.17, 15) is 4.79 Å². The van der Waals surface area contributed by atoms with Gasteiger partial charge in [-0.3, -0.25) is 0 Å². The molecule has 0 saturated carbocycles. The van der Waals surface area contributed by atoms with Gasteiger partial charge in [0.25, 0.3) is 0 Å². The van der Waals surface area contributed by atoms with E-state index in [1.807, 2.05) is 0 Å². The third-order valence-corrected chi connectivity index (χ3v) is 2.74. The molecule has 0 bridgehead atoms. The van der Waals surface area contributed by atoms with Crippen molar-refractivity contribution in [3.8, 4) is 10.4 Å². The summed E-state index contributed by atoms with van der Waals surface area (Å²) >= 11 is 1.24. The van der Waals surface area contributed by atoms with Crippen LogP contribution in [0.5, 0.6) is 0 Å². The Kier molecular flexibility index (Phi) is 1.90. The van der Waals surface area contributed by atoms with Crippen LogP contribution in [0, 0.1) is 0 Å². The first-order chi connectivity index (χ1) is 6.27. The topological polar surface area (TPSA) is 50.4 Å². The summed E-state index contributed by atoms with van der Waals surface area (Å²) in [5.74, 6) is -0.889. The van der Waals surface area contributed by atoms with Crippen LogP contribution < -0.4 is 0 Å². The average molecular weight is 194 g/mol. The predicted molar refractivity (Wildman–Crippen MR) is 49.0 cm³/mol. The molecule has 0 radical (unpaired) electrons. The second-order valence-electron chi connectivity index (χ2n) is 2.48. The van der Waals surface area contributed by atoms with Gasteiger partial charge in [0.2, 0.25) is 0 Å². The first-order valence-electron chi connectivity index (χ1n) is 3.63. The van der Waals surface area contributed by atoms with Gasteiger partial charge in [-0.15, -0.1) is 11.3 Å². The average Bonchev–Trinajstić information content (AvgIpc) is 2.75. The molecule has 0 atom stereocenters. The Morgan fingerprint density at radius 3 is 2.77 bits per heavy atom. The Labute approximate surface area is 78.2 Å². The van der Waals surface area contributed by atoms with Gasteiger partial charge in [-0.05, 0) is 18.2 Å². The zero-order valence-electron chi connectivity index (χ0n) is 6.56. The number of rotatable bonds is 2. The van der Waals surface area contributed by atoms with Crippen molar-refractivity contribution in [3.05, 3.63) is 35.6 Å². The fourth-order valence-electron chi connectivity index (χ4n) is 1.01. The van der Waals surface area contributed by atoms with Crippen LogP contribution in [-0.2, 0) is 0 Å². The van der Waals surface area contributed by atoms with E-state index in [0.717, 1.165) is 10.4 Å². The highest BCUT2D eigenvalue weighted by molar-refractivity contribution is 7.17. The van der Waals surface area contributed by atoms with Crippen LogP contribution in [0.4, 0.5) is 0 Å². The number of carboxylic acid groups (broad SMARTS) is 1.